The third-order valence-corrected chi connectivity index (χ3v) is 5.34. The summed E-state index contributed by atoms with van der Waals surface area (Å²) < 4.78 is 4.52. The van der Waals surface area contributed by atoms with E-state index in [4.69, 9.17) is 0 Å². The Morgan fingerprint density at radius 2 is 1.78 bits per heavy atom. The van der Waals surface area contributed by atoms with Crippen molar-refractivity contribution in [3.8, 4) is 11.3 Å². The lowest BCUT2D eigenvalue weighted by Crippen LogP contribution is -3.00. The van der Waals surface area contributed by atoms with E-state index in [1.54, 1.807) is 0 Å². The lowest BCUT2D eigenvalue weighted by atomic mass is 10.1. The fourth-order valence-electron chi connectivity index (χ4n) is 3.77. The fourth-order valence-corrected chi connectivity index (χ4v) is 3.77. The van der Waals surface area contributed by atoms with Gasteiger partial charge in [-0.3, -0.25) is 4.79 Å². The number of hydrogen-bond acceptors (Lipinski definition) is 1. The SMILES string of the molecule is CCc1ccc(C(=O)C[n+]2cc(-c3ccc(C)cc3)n3c2CCC3)cc1.[Br-]. The number of imidazole rings is 1. The zero-order valence-corrected chi connectivity index (χ0v) is 17.5. The molecule has 2 heterocycles. The van der Waals surface area contributed by atoms with Crippen LogP contribution in [0.15, 0.2) is 54.7 Å². The first-order chi connectivity index (χ1) is 12.7. The second kappa shape index (κ2) is 8.22. The van der Waals surface area contributed by atoms with Crippen LogP contribution in [0.3, 0.4) is 0 Å². The molecule has 0 N–H and O–H groups in total. The molecule has 0 spiro atoms. The third kappa shape index (κ3) is 3.91. The number of hydrogen-bond donors (Lipinski definition) is 0. The van der Waals surface area contributed by atoms with Gasteiger partial charge in [0.15, 0.2) is 12.2 Å². The van der Waals surface area contributed by atoms with Gasteiger partial charge in [0.2, 0.25) is 5.78 Å². The Hall–Kier alpha value is -2.20. The summed E-state index contributed by atoms with van der Waals surface area (Å²) in [6, 6.07) is 16.7. The molecule has 3 nitrogen and oxygen atoms in total. The van der Waals surface area contributed by atoms with Crippen LogP contribution in [0.4, 0.5) is 0 Å². The van der Waals surface area contributed by atoms with E-state index in [2.05, 4.69) is 65.6 Å². The number of carbonyl (C=O) groups is 1. The average Bonchev–Trinajstić information content (AvgIpc) is 3.26. The normalized spacial score (nSPS) is 12.5. The molecule has 1 aliphatic rings. The van der Waals surface area contributed by atoms with E-state index in [1.165, 1.54) is 28.2 Å². The van der Waals surface area contributed by atoms with Crippen molar-refractivity contribution in [1.29, 1.82) is 0 Å². The molecule has 0 bridgehead atoms. The van der Waals surface area contributed by atoms with Crippen LogP contribution in [-0.4, -0.2) is 10.4 Å². The van der Waals surface area contributed by atoms with Crippen LogP contribution in [0.5, 0.6) is 0 Å². The highest BCUT2D eigenvalue weighted by Crippen LogP contribution is 2.25. The minimum absolute atomic E-state index is 0. The molecule has 4 rings (SSSR count). The number of aromatic nitrogens is 2. The van der Waals surface area contributed by atoms with Crippen LogP contribution in [0.2, 0.25) is 0 Å². The molecule has 0 aliphatic carbocycles. The van der Waals surface area contributed by atoms with Crippen molar-refractivity contribution in [2.75, 3.05) is 0 Å². The Morgan fingerprint density at radius 3 is 2.44 bits per heavy atom. The summed E-state index contributed by atoms with van der Waals surface area (Å²) in [6.45, 7) is 5.68. The summed E-state index contributed by atoms with van der Waals surface area (Å²) >= 11 is 0. The van der Waals surface area contributed by atoms with Crippen molar-refractivity contribution in [2.24, 2.45) is 0 Å². The van der Waals surface area contributed by atoms with E-state index in [0.29, 0.717) is 6.54 Å². The second-order valence-electron chi connectivity index (χ2n) is 7.15. The molecule has 1 aliphatic heterocycles. The van der Waals surface area contributed by atoms with Crippen LogP contribution in [0.25, 0.3) is 11.3 Å². The van der Waals surface area contributed by atoms with E-state index in [9.17, 15) is 4.79 Å². The first-order valence-electron chi connectivity index (χ1n) is 9.46. The minimum atomic E-state index is 0. The van der Waals surface area contributed by atoms with Gasteiger partial charge in [0, 0.05) is 11.1 Å². The molecule has 0 fully saturated rings. The highest BCUT2D eigenvalue weighted by molar-refractivity contribution is 5.95. The maximum atomic E-state index is 12.8. The van der Waals surface area contributed by atoms with Crippen molar-refractivity contribution in [2.45, 2.75) is 46.2 Å². The van der Waals surface area contributed by atoms with E-state index < -0.39 is 0 Å². The molecule has 27 heavy (non-hydrogen) atoms. The number of Topliss-reactive ketones (excluding diaryl/α,β-unsaturated/α-hetero) is 1. The monoisotopic (exact) mass is 424 g/mol. The Kier molecular flexibility index (Phi) is 5.95. The molecule has 0 saturated heterocycles. The topological polar surface area (TPSA) is 25.9 Å². The number of fused-ring (bicyclic) bond motifs is 1. The average molecular weight is 425 g/mol. The molecule has 0 amide bonds. The Balaban J connectivity index is 0.00000210. The zero-order chi connectivity index (χ0) is 18.1. The maximum absolute atomic E-state index is 12.8. The summed E-state index contributed by atoms with van der Waals surface area (Å²) in [7, 11) is 0. The van der Waals surface area contributed by atoms with Crippen molar-refractivity contribution < 1.29 is 26.3 Å². The second-order valence-corrected chi connectivity index (χ2v) is 7.15. The number of halogens is 1. The van der Waals surface area contributed by atoms with Gasteiger partial charge < -0.3 is 17.0 Å². The highest BCUT2D eigenvalue weighted by Gasteiger charge is 2.29. The number of benzene rings is 2. The van der Waals surface area contributed by atoms with Crippen molar-refractivity contribution in [1.82, 2.24) is 4.57 Å². The Labute approximate surface area is 171 Å². The lowest BCUT2D eigenvalue weighted by Gasteiger charge is -2.02. The third-order valence-electron chi connectivity index (χ3n) is 5.34. The molecule has 0 radical (unpaired) electrons. The van der Waals surface area contributed by atoms with E-state index >= 15 is 0 Å². The Morgan fingerprint density at radius 1 is 1.07 bits per heavy atom. The van der Waals surface area contributed by atoms with Crippen LogP contribution in [0, 0.1) is 6.92 Å². The van der Waals surface area contributed by atoms with E-state index in [1.807, 2.05) is 12.1 Å². The van der Waals surface area contributed by atoms with Crippen molar-refractivity contribution >= 4 is 5.78 Å². The van der Waals surface area contributed by atoms with Gasteiger partial charge in [-0.15, -0.1) is 0 Å². The molecule has 1 aromatic heterocycles. The quantitative estimate of drug-likeness (QED) is 0.445. The molecule has 3 aromatic rings. The smallest absolute Gasteiger partial charge is 0.257 e. The van der Waals surface area contributed by atoms with Gasteiger partial charge >= 0.3 is 0 Å². The van der Waals surface area contributed by atoms with Gasteiger partial charge in [-0.25, -0.2) is 9.13 Å². The highest BCUT2D eigenvalue weighted by atomic mass is 79.9. The fraction of sp³-hybridized carbons (Fsp3) is 0.304. The molecule has 2 aromatic carbocycles. The van der Waals surface area contributed by atoms with Crippen molar-refractivity contribution in [3.05, 3.63) is 77.2 Å². The first kappa shape index (κ1) is 19.6. The van der Waals surface area contributed by atoms with Crippen LogP contribution in [0.1, 0.15) is 40.7 Å². The van der Waals surface area contributed by atoms with Gasteiger partial charge in [-0.1, -0.05) is 61.0 Å². The number of nitrogens with zero attached hydrogens (tertiary/aromatic N) is 2. The van der Waals surface area contributed by atoms with Crippen LogP contribution >= 0.6 is 0 Å². The van der Waals surface area contributed by atoms with Crippen LogP contribution in [-0.2, 0) is 25.9 Å². The van der Waals surface area contributed by atoms with Gasteiger partial charge in [0.05, 0.1) is 13.0 Å². The molecular weight excluding hydrogens is 400 g/mol. The number of carbonyl (C=O) groups excluding carboxylic acids is 1. The largest absolute Gasteiger partial charge is 1.00 e. The predicted octanol–water partition coefficient (Wildman–Crippen LogP) is 1.15. The van der Waals surface area contributed by atoms with E-state index in [-0.39, 0.29) is 22.8 Å². The molecule has 4 heteroatoms. The first-order valence-corrected chi connectivity index (χ1v) is 9.46. The molecular formula is C23H25BrN2O. The Bertz CT molecular complexity index is 940. The van der Waals surface area contributed by atoms with Gasteiger partial charge in [-0.2, -0.15) is 0 Å². The number of aryl methyl sites for hydroxylation is 2. The van der Waals surface area contributed by atoms with Gasteiger partial charge in [-0.05, 0) is 25.3 Å². The summed E-state index contributed by atoms with van der Waals surface area (Å²) in [5.41, 5.74) is 5.76. The van der Waals surface area contributed by atoms with Crippen LogP contribution < -0.4 is 21.5 Å². The van der Waals surface area contributed by atoms with Gasteiger partial charge in [0.1, 0.15) is 6.20 Å². The summed E-state index contributed by atoms with van der Waals surface area (Å²) in [5.74, 6) is 1.44. The van der Waals surface area contributed by atoms with E-state index in [0.717, 1.165) is 31.4 Å². The molecule has 0 atom stereocenters. The summed E-state index contributed by atoms with van der Waals surface area (Å²) in [5, 5.41) is 0. The summed E-state index contributed by atoms with van der Waals surface area (Å²) in [4.78, 5) is 12.8. The number of ketones is 1. The predicted molar refractivity (Wildman–Crippen MR) is 103 cm³/mol. The summed E-state index contributed by atoms with van der Waals surface area (Å²) in [6.07, 6.45) is 5.33. The van der Waals surface area contributed by atoms with Crippen molar-refractivity contribution in [3.63, 3.8) is 0 Å². The lowest BCUT2D eigenvalue weighted by molar-refractivity contribution is -0.689. The van der Waals surface area contributed by atoms with Gasteiger partial charge in [0.25, 0.3) is 5.82 Å². The minimum Gasteiger partial charge on any atom is -1.00 e. The standard InChI is InChI=1S/C23H25N2O.BrH/c1-3-18-8-12-20(13-9-18)22(26)16-24-15-21(25-14-4-5-23(24)25)19-10-6-17(2)7-11-19;/h6-13,15H,3-5,14,16H2,1-2H3;1H/q+1;/p-1. The molecule has 0 saturated carbocycles. The molecule has 0 unspecified atom stereocenters. The zero-order valence-electron chi connectivity index (χ0n) is 15.9. The number of rotatable bonds is 5. The molecule has 140 valence electrons. The maximum Gasteiger partial charge on any atom is 0.257 e.